The van der Waals surface area contributed by atoms with E-state index in [0.29, 0.717) is 5.25 Å². The van der Waals surface area contributed by atoms with Gasteiger partial charge in [0.15, 0.2) is 0 Å². The standard InChI is InChI=1S/C5H11BrS/c1-2-5(7)3-4-6/h5,7H,2-4H2,1H3. The summed E-state index contributed by atoms with van der Waals surface area (Å²) >= 11 is 7.62. The van der Waals surface area contributed by atoms with E-state index in [2.05, 4.69) is 35.5 Å². The first-order chi connectivity index (χ1) is 3.31. The molecule has 1 atom stereocenters. The molecule has 0 bridgehead atoms. The van der Waals surface area contributed by atoms with Gasteiger partial charge >= 0.3 is 0 Å². The van der Waals surface area contributed by atoms with Crippen molar-refractivity contribution in [2.24, 2.45) is 0 Å². The summed E-state index contributed by atoms with van der Waals surface area (Å²) in [5.41, 5.74) is 0. The van der Waals surface area contributed by atoms with Crippen LogP contribution in [0.3, 0.4) is 0 Å². The molecule has 0 aliphatic heterocycles. The van der Waals surface area contributed by atoms with Gasteiger partial charge in [-0.15, -0.1) is 0 Å². The van der Waals surface area contributed by atoms with Gasteiger partial charge in [0.1, 0.15) is 0 Å². The molecule has 0 rings (SSSR count). The van der Waals surface area contributed by atoms with Crippen molar-refractivity contribution in [3.05, 3.63) is 0 Å². The summed E-state index contributed by atoms with van der Waals surface area (Å²) in [6, 6.07) is 0. The summed E-state index contributed by atoms with van der Waals surface area (Å²) in [6.07, 6.45) is 2.36. The first kappa shape index (κ1) is 7.83. The van der Waals surface area contributed by atoms with Gasteiger partial charge in [0.2, 0.25) is 0 Å². The maximum Gasteiger partial charge on any atom is 0.00417 e. The number of alkyl halides is 1. The minimum absolute atomic E-state index is 0.597. The highest BCUT2D eigenvalue weighted by Gasteiger charge is 1.94. The van der Waals surface area contributed by atoms with Crippen LogP contribution in [-0.4, -0.2) is 10.6 Å². The molecule has 0 N–H and O–H groups in total. The SMILES string of the molecule is CCC(S)CCBr. The Kier molecular flexibility index (Phi) is 5.57. The van der Waals surface area contributed by atoms with Gasteiger partial charge in [0, 0.05) is 10.6 Å². The second kappa shape index (κ2) is 4.98. The third kappa shape index (κ3) is 4.69. The van der Waals surface area contributed by atoms with Crippen molar-refractivity contribution in [3.8, 4) is 0 Å². The van der Waals surface area contributed by atoms with Crippen LogP contribution in [0.2, 0.25) is 0 Å². The van der Waals surface area contributed by atoms with Gasteiger partial charge in [-0.3, -0.25) is 0 Å². The van der Waals surface area contributed by atoms with Crippen LogP contribution in [0, 0.1) is 0 Å². The van der Waals surface area contributed by atoms with E-state index in [-0.39, 0.29) is 0 Å². The number of rotatable bonds is 3. The van der Waals surface area contributed by atoms with Crippen LogP contribution in [0.1, 0.15) is 19.8 Å². The normalized spacial score (nSPS) is 14.1. The molecular formula is C5H11BrS. The van der Waals surface area contributed by atoms with Crippen molar-refractivity contribution >= 4 is 28.6 Å². The van der Waals surface area contributed by atoms with Gasteiger partial charge in [-0.25, -0.2) is 0 Å². The van der Waals surface area contributed by atoms with E-state index in [0.717, 1.165) is 5.33 Å². The Morgan fingerprint density at radius 2 is 2.29 bits per heavy atom. The molecule has 2 heteroatoms. The van der Waals surface area contributed by atoms with Gasteiger partial charge < -0.3 is 0 Å². The van der Waals surface area contributed by atoms with Crippen LogP contribution in [-0.2, 0) is 0 Å². The largest absolute Gasteiger partial charge is 0.176 e. The molecule has 0 nitrogen and oxygen atoms in total. The Morgan fingerprint density at radius 1 is 1.71 bits per heavy atom. The second-order valence-electron chi connectivity index (χ2n) is 1.54. The number of hydrogen-bond donors (Lipinski definition) is 1. The lowest BCUT2D eigenvalue weighted by atomic mass is 10.3. The average Bonchev–Trinajstić information content (AvgIpc) is 1.68. The van der Waals surface area contributed by atoms with Gasteiger partial charge in [0.05, 0.1) is 0 Å². The van der Waals surface area contributed by atoms with E-state index in [1.54, 1.807) is 0 Å². The van der Waals surface area contributed by atoms with Gasteiger partial charge in [-0.1, -0.05) is 22.9 Å². The van der Waals surface area contributed by atoms with E-state index in [1.807, 2.05) is 0 Å². The van der Waals surface area contributed by atoms with Crippen molar-refractivity contribution in [2.75, 3.05) is 5.33 Å². The molecule has 0 heterocycles. The van der Waals surface area contributed by atoms with Crippen molar-refractivity contribution in [3.63, 3.8) is 0 Å². The fourth-order valence-electron chi connectivity index (χ4n) is 0.330. The Morgan fingerprint density at radius 3 is 2.43 bits per heavy atom. The monoisotopic (exact) mass is 182 g/mol. The second-order valence-corrected chi connectivity index (χ2v) is 3.06. The van der Waals surface area contributed by atoms with Crippen LogP contribution in [0.15, 0.2) is 0 Å². The van der Waals surface area contributed by atoms with E-state index in [4.69, 9.17) is 0 Å². The molecule has 0 aromatic heterocycles. The summed E-state index contributed by atoms with van der Waals surface area (Å²) in [5.74, 6) is 0. The number of hydrogen-bond acceptors (Lipinski definition) is 1. The quantitative estimate of drug-likeness (QED) is 0.504. The minimum Gasteiger partial charge on any atom is -0.176 e. The molecule has 0 aliphatic carbocycles. The molecule has 0 saturated heterocycles. The molecule has 0 aromatic rings. The number of thiol groups is 1. The summed E-state index contributed by atoms with van der Waals surface area (Å²) < 4.78 is 0. The first-order valence-electron chi connectivity index (χ1n) is 2.55. The Hall–Kier alpha value is 0.830. The Labute approximate surface area is 59.2 Å². The Balaban J connectivity index is 2.83. The van der Waals surface area contributed by atoms with Crippen molar-refractivity contribution in [1.29, 1.82) is 0 Å². The third-order valence-corrected chi connectivity index (χ3v) is 1.99. The summed E-state index contributed by atoms with van der Waals surface area (Å²) in [4.78, 5) is 0. The topological polar surface area (TPSA) is 0 Å². The molecule has 0 spiro atoms. The van der Waals surface area contributed by atoms with E-state index >= 15 is 0 Å². The summed E-state index contributed by atoms with van der Waals surface area (Å²) in [7, 11) is 0. The smallest absolute Gasteiger partial charge is 0.00417 e. The van der Waals surface area contributed by atoms with Gasteiger partial charge in [-0.05, 0) is 12.8 Å². The maximum absolute atomic E-state index is 4.28. The molecule has 0 fully saturated rings. The van der Waals surface area contributed by atoms with Gasteiger partial charge in [-0.2, -0.15) is 12.6 Å². The molecule has 0 aliphatic rings. The molecule has 1 unspecified atom stereocenters. The highest BCUT2D eigenvalue weighted by molar-refractivity contribution is 9.09. The molecular weight excluding hydrogens is 172 g/mol. The van der Waals surface area contributed by atoms with Crippen LogP contribution < -0.4 is 0 Å². The average molecular weight is 183 g/mol. The summed E-state index contributed by atoms with van der Waals surface area (Å²) in [5, 5.41) is 1.68. The summed E-state index contributed by atoms with van der Waals surface area (Å²) in [6.45, 7) is 2.15. The minimum atomic E-state index is 0.597. The fourth-order valence-corrected chi connectivity index (χ4v) is 1.37. The molecule has 0 aromatic carbocycles. The van der Waals surface area contributed by atoms with Crippen LogP contribution in [0.4, 0.5) is 0 Å². The highest BCUT2D eigenvalue weighted by Crippen LogP contribution is 2.06. The lowest BCUT2D eigenvalue weighted by Gasteiger charge is -2.00. The zero-order valence-electron chi connectivity index (χ0n) is 4.52. The lowest BCUT2D eigenvalue weighted by Crippen LogP contribution is -1.94. The van der Waals surface area contributed by atoms with Crippen LogP contribution >= 0.6 is 28.6 Å². The van der Waals surface area contributed by atoms with E-state index < -0.39 is 0 Å². The predicted octanol–water partition coefficient (Wildman–Crippen LogP) is 2.48. The molecule has 0 radical (unpaired) electrons. The van der Waals surface area contributed by atoms with E-state index in [9.17, 15) is 0 Å². The number of halogens is 1. The molecule has 7 heavy (non-hydrogen) atoms. The van der Waals surface area contributed by atoms with Crippen molar-refractivity contribution in [2.45, 2.75) is 25.0 Å². The molecule has 0 amide bonds. The highest BCUT2D eigenvalue weighted by atomic mass is 79.9. The van der Waals surface area contributed by atoms with Crippen molar-refractivity contribution in [1.82, 2.24) is 0 Å². The maximum atomic E-state index is 4.28. The lowest BCUT2D eigenvalue weighted by molar-refractivity contribution is 0.808. The fraction of sp³-hybridized carbons (Fsp3) is 1.00. The zero-order valence-corrected chi connectivity index (χ0v) is 7.00. The molecule has 0 saturated carbocycles. The first-order valence-corrected chi connectivity index (χ1v) is 4.19. The third-order valence-electron chi connectivity index (χ3n) is 0.914. The van der Waals surface area contributed by atoms with Crippen molar-refractivity contribution < 1.29 is 0 Å². The van der Waals surface area contributed by atoms with Crippen LogP contribution in [0.5, 0.6) is 0 Å². The molecule has 44 valence electrons. The zero-order chi connectivity index (χ0) is 5.70. The van der Waals surface area contributed by atoms with E-state index in [1.165, 1.54) is 12.8 Å². The van der Waals surface area contributed by atoms with Gasteiger partial charge in [0.25, 0.3) is 0 Å². The van der Waals surface area contributed by atoms with Crippen LogP contribution in [0.25, 0.3) is 0 Å². The Bertz CT molecular complexity index is 39.1. The predicted molar refractivity (Wildman–Crippen MR) is 41.5 cm³/mol.